The molecule has 1 aliphatic carbocycles. The van der Waals surface area contributed by atoms with Crippen molar-refractivity contribution in [1.82, 2.24) is 9.80 Å². The molecule has 142 valence electrons. The highest BCUT2D eigenvalue weighted by atomic mass is 16.2. The fraction of sp³-hybridized carbons (Fsp3) is 0.619. The summed E-state index contributed by atoms with van der Waals surface area (Å²) in [5.74, 6) is 0.888. The number of urea groups is 1. The molecule has 1 aliphatic heterocycles. The summed E-state index contributed by atoms with van der Waals surface area (Å²) in [6, 6.07) is 7.71. The maximum atomic E-state index is 13.0. The zero-order valence-electron chi connectivity index (χ0n) is 16.0. The quantitative estimate of drug-likeness (QED) is 0.840. The summed E-state index contributed by atoms with van der Waals surface area (Å²) in [7, 11) is 0. The number of carbonyl (C=O) groups is 2. The Morgan fingerprint density at radius 1 is 1.27 bits per heavy atom. The first-order valence-electron chi connectivity index (χ1n) is 9.98. The van der Waals surface area contributed by atoms with Crippen molar-refractivity contribution in [3.05, 3.63) is 29.8 Å². The molecule has 1 heterocycles. The van der Waals surface area contributed by atoms with E-state index in [2.05, 4.69) is 12.2 Å². The second-order valence-corrected chi connectivity index (χ2v) is 7.81. The molecule has 0 aromatic heterocycles. The number of amides is 3. The number of carbonyl (C=O) groups excluding carboxylic acids is 2. The van der Waals surface area contributed by atoms with Crippen LogP contribution in [-0.2, 0) is 4.79 Å². The first-order chi connectivity index (χ1) is 12.6. The third-order valence-electron chi connectivity index (χ3n) is 5.31. The van der Waals surface area contributed by atoms with Crippen molar-refractivity contribution in [3.63, 3.8) is 0 Å². The Hall–Kier alpha value is -2.04. The molecule has 3 rings (SSSR count). The van der Waals surface area contributed by atoms with Crippen LogP contribution >= 0.6 is 0 Å². The number of nitrogens with one attached hydrogen (secondary N) is 1. The minimum absolute atomic E-state index is 0.0580. The normalized spacial score (nSPS) is 19.9. The number of rotatable bonds is 6. The summed E-state index contributed by atoms with van der Waals surface area (Å²) in [6.45, 7) is 7.11. The molecule has 0 radical (unpaired) electrons. The van der Waals surface area contributed by atoms with Crippen LogP contribution in [0.25, 0.3) is 0 Å². The number of benzene rings is 1. The van der Waals surface area contributed by atoms with Gasteiger partial charge in [-0.05, 0) is 62.6 Å². The largest absolute Gasteiger partial charge is 0.342 e. The molecule has 0 bridgehead atoms. The Balaban J connectivity index is 1.58. The topological polar surface area (TPSA) is 52.7 Å². The van der Waals surface area contributed by atoms with Gasteiger partial charge in [0.25, 0.3) is 0 Å². The third-order valence-corrected chi connectivity index (χ3v) is 5.31. The number of anilines is 1. The lowest BCUT2D eigenvalue weighted by molar-refractivity contribution is -0.137. The van der Waals surface area contributed by atoms with Crippen LogP contribution in [0, 0.1) is 18.8 Å². The van der Waals surface area contributed by atoms with E-state index in [4.69, 9.17) is 0 Å². The van der Waals surface area contributed by atoms with Crippen LogP contribution in [0.1, 0.15) is 44.6 Å². The average molecular weight is 357 g/mol. The Bertz CT molecular complexity index is 642. The van der Waals surface area contributed by atoms with E-state index >= 15 is 0 Å². The minimum atomic E-state index is -0.0997. The van der Waals surface area contributed by atoms with Gasteiger partial charge in [0, 0.05) is 31.9 Å². The minimum Gasteiger partial charge on any atom is -0.342 e. The van der Waals surface area contributed by atoms with Crippen LogP contribution < -0.4 is 5.32 Å². The molecule has 1 saturated carbocycles. The van der Waals surface area contributed by atoms with Gasteiger partial charge in [0.05, 0.1) is 5.92 Å². The smallest absolute Gasteiger partial charge is 0.321 e. The Morgan fingerprint density at radius 3 is 2.77 bits per heavy atom. The number of hydrogen-bond donors (Lipinski definition) is 1. The summed E-state index contributed by atoms with van der Waals surface area (Å²) in [5, 5.41) is 2.97. The van der Waals surface area contributed by atoms with Gasteiger partial charge in [0.2, 0.25) is 5.91 Å². The number of piperidine rings is 1. The van der Waals surface area contributed by atoms with E-state index in [1.54, 1.807) is 4.90 Å². The highest BCUT2D eigenvalue weighted by Gasteiger charge is 2.33. The van der Waals surface area contributed by atoms with E-state index in [0.29, 0.717) is 12.5 Å². The number of aryl methyl sites for hydroxylation is 1. The van der Waals surface area contributed by atoms with Crippen LogP contribution in [0.4, 0.5) is 10.5 Å². The monoisotopic (exact) mass is 357 g/mol. The standard InChI is InChI=1S/C21H31N3O2/c1-3-11-23(14-17-9-10-17)20(25)18-7-5-12-24(15-18)21(26)22-19-8-4-6-16(2)13-19/h4,6,8,13,17-18H,3,5,7,9-12,14-15H2,1-2H3,(H,22,26). The Labute approximate surface area is 156 Å². The van der Waals surface area contributed by atoms with Gasteiger partial charge in [-0.15, -0.1) is 0 Å². The van der Waals surface area contributed by atoms with Crippen molar-refractivity contribution >= 4 is 17.6 Å². The zero-order valence-corrected chi connectivity index (χ0v) is 16.0. The van der Waals surface area contributed by atoms with Gasteiger partial charge in [-0.25, -0.2) is 4.79 Å². The first kappa shape index (κ1) is 18.7. The van der Waals surface area contributed by atoms with Gasteiger partial charge in [0.1, 0.15) is 0 Å². The van der Waals surface area contributed by atoms with Crippen LogP contribution in [-0.4, -0.2) is 47.9 Å². The van der Waals surface area contributed by atoms with Crippen LogP contribution in [0.3, 0.4) is 0 Å². The maximum absolute atomic E-state index is 13.0. The van der Waals surface area contributed by atoms with E-state index in [9.17, 15) is 9.59 Å². The zero-order chi connectivity index (χ0) is 18.5. The summed E-state index contributed by atoms with van der Waals surface area (Å²) in [6.07, 6.45) is 5.27. The van der Waals surface area contributed by atoms with Crippen molar-refractivity contribution in [1.29, 1.82) is 0 Å². The third kappa shape index (κ3) is 4.99. The average Bonchev–Trinajstić information content (AvgIpc) is 3.45. The lowest BCUT2D eigenvalue weighted by Gasteiger charge is -2.35. The Morgan fingerprint density at radius 2 is 2.08 bits per heavy atom. The van der Waals surface area contributed by atoms with Crippen LogP contribution in [0.2, 0.25) is 0 Å². The van der Waals surface area contributed by atoms with Gasteiger partial charge < -0.3 is 15.1 Å². The maximum Gasteiger partial charge on any atom is 0.321 e. The van der Waals surface area contributed by atoms with Gasteiger partial charge in [-0.2, -0.15) is 0 Å². The number of likely N-dealkylation sites (tertiary alicyclic amines) is 1. The fourth-order valence-corrected chi connectivity index (χ4v) is 3.72. The second kappa shape index (κ2) is 8.56. The molecule has 5 heteroatoms. The van der Waals surface area contributed by atoms with E-state index in [1.165, 1.54) is 12.8 Å². The molecule has 1 aromatic rings. The highest BCUT2D eigenvalue weighted by molar-refractivity contribution is 5.90. The lowest BCUT2D eigenvalue weighted by Crippen LogP contribution is -2.48. The molecule has 26 heavy (non-hydrogen) atoms. The van der Waals surface area contributed by atoms with Crippen LogP contribution in [0.15, 0.2) is 24.3 Å². The Kier molecular flexibility index (Phi) is 6.17. The van der Waals surface area contributed by atoms with Gasteiger partial charge >= 0.3 is 6.03 Å². The van der Waals surface area contributed by atoms with E-state index in [0.717, 1.165) is 50.1 Å². The molecular formula is C21H31N3O2. The molecule has 1 aromatic carbocycles. The summed E-state index contributed by atoms with van der Waals surface area (Å²) >= 11 is 0. The predicted molar refractivity (Wildman–Crippen MR) is 104 cm³/mol. The highest BCUT2D eigenvalue weighted by Crippen LogP contribution is 2.31. The fourth-order valence-electron chi connectivity index (χ4n) is 3.72. The molecule has 2 aliphatic rings. The van der Waals surface area contributed by atoms with Crippen molar-refractivity contribution in [2.75, 3.05) is 31.5 Å². The van der Waals surface area contributed by atoms with Crippen LogP contribution in [0.5, 0.6) is 0 Å². The second-order valence-electron chi connectivity index (χ2n) is 7.81. The molecule has 1 atom stereocenters. The van der Waals surface area contributed by atoms with E-state index < -0.39 is 0 Å². The predicted octanol–water partition coefficient (Wildman–Crippen LogP) is 3.89. The van der Waals surface area contributed by atoms with Crippen molar-refractivity contribution in [2.45, 2.75) is 46.0 Å². The lowest BCUT2D eigenvalue weighted by atomic mass is 9.96. The van der Waals surface area contributed by atoms with Crippen molar-refractivity contribution in [2.24, 2.45) is 11.8 Å². The summed E-state index contributed by atoms with van der Waals surface area (Å²) < 4.78 is 0. The van der Waals surface area contributed by atoms with Crippen molar-refractivity contribution in [3.8, 4) is 0 Å². The summed E-state index contributed by atoms with van der Waals surface area (Å²) in [4.78, 5) is 29.5. The molecule has 1 saturated heterocycles. The van der Waals surface area contributed by atoms with Gasteiger partial charge in [0.15, 0.2) is 0 Å². The van der Waals surface area contributed by atoms with E-state index in [1.807, 2.05) is 36.1 Å². The number of nitrogens with zero attached hydrogens (tertiary/aromatic N) is 2. The van der Waals surface area contributed by atoms with Gasteiger partial charge in [-0.1, -0.05) is 19.1 Å². The number of hydrogen-bond acceptors (Lipinski definition) is 2. The molecule has 1 unspecified atom stereocenters. The molecule has 0 spiro atoms. The molecular weight excluding hydrogens is 326 g/mol. The first-order valence-corrected chi connectivity index (χ1v) is 9.98. The summed E-state index contributed by atoms with van der Waals surface area (Å²) in [5.41, 5.74) is 1.93. The SMILES string of the molecule is CCCN(CC1CC1)C(=O)C1CCCN(C(=O)Nc2cccc(C)c2)C1. The molecule has 3 amide bonds. The molecule has 1 N–H and O–H groups in total. The molecule has 2 fully saturated rings. The van der Waals surface area contributed by atoms with E-state index in [-0.39, 0.29) is 17.9 Å². The van der Waals surface area contributed by atoms with Gasteiger partial charge in [-0.3, -0.25) is 4.79 Å². The van der Waals surface area contributed by atoms with Crippen molar-refractivity contribution < 1.29 is 9.59 Å². The molecule has 5 nitrogen and oxygen atoms in total.